The number of benzene rings is 2. The van der Waals surface area contributed by atoms with Gasteiger partial charge in [-0.3, -0.25) is 0 Å². The van der Waals surface area contributed by atoms with Crippen molar-refractivity contribution < 1.29 is 9.53 Å². The normalized spacial score (nSPS) is 14.8. The number of piperidine rings is 1. The molecule has 0 N–H and O–H groups in total. The lowest BCUT2D eigenvalue weighted by Gasteiger charge is -2.33. The van der Waals surface area contributed by atoms with Crippen LogP contribution in [0, 0.1) is 17.2 Å². The fraction of sp³-hybridized carbons (Fsp3) is 0.379. The van der Waals surface area contributed by atoms with Crippen LogP contribution in [0.4, 0.5) is 4.79 Å². The minimum absolute atomic E-state index is 0.226. The van der Waals surface area contributed by atoms with Crippen LogP contribution in [0.15, 0.2) is 54.6 Å². The summed E-state index contributed by atoms with van der Waals surface area (Å²) in [6.45, 7) is 7.89. The molecule has 0 aliphatic carbocycles. The highest BCUT2D eigenvalue weighted by Crippen LogP contribution is 2.33. The number of carbonyl (C=O) groups excluding carboxylic acids is 1. The molecule has 0 bridgehead atoms. The molecule has 7 heteroatoms. The number of pyridine rings is 1. The minimum atomic E-state index is -0.482. The van der Waals surface area contributed by atoms with Crippen LogP contribution in [-0.4, -0.2) is 44.2 Å². The maximum Gasteiger partial charge on any atom is 0.410 e. The Morgan fingerprint density at radius 3 is 2.44 bits per heavy atom. The monoisotopic (exact) mass is 481 g/mol. The van der Waals surface area contributed by atoms with Crippen molar-refractivity contribution in [2.24, 2.45) is 5.92 Å². The number of fused-ring (bicyclic) bond motifs is 3. The van der Waals surface area contributed by atoms with E-state index in [0.29, 0.717) is 30.2 Å². The topological polar surface area (TPSA) is 84.0 Å². The number of rotatable bonds is 4. The van der Waals surface area contributed by atoms with Gasteiger partial charge in [-0.1, -0.05) is 48.5 Å². The van der Waals surface area contributed by atoms with Crippen molar-refractivity contribution in [2.45, 2.75) is 52.2 Å². The summed E-state index contributed by atoms with van der Waals surface area (Å²) in [6, 6.07) is 20.3. The molecule has 0 radical (unpaired) electrons. The number of para-hydroxylation sites is 1. The first-order valence-corrected chi connectivity index (χ1v) is 12.6. The van der Waals surface area contributed by atoms with Crippen LogP contribution in [-0.2, 0) is 11.3 Å². The highest BCUT2D eigenvalue weighted by molar-refractivity contribution is 6.05. The number of carbonyl (C=O) groups is 1. The highest BCUT2D eigenvalue weighted by atomic mass is 16.6. The summed E-state index contributed by atoms with van der Waals surface area (Å²) in [7, 11) is 0. The number of likely N-dealkylation sites (tertiary alicyclic amines) is 1. The van der Waals surface area contributed by atoms with Gasteiger partial charge in [-0.05, 0) is 52.0 Å². The number of ether oxygens (including phenoxy) is 1. The van der Waals surface area contributed by atoms with E-state index in [-0.39, 0.29) is 6.09 Å². The van der Waals surface area contributed by atoms with Gasteiger partial charge < -0.3 is 14.2 Å². The first-order chi connectivity index (χ1) is 17.3. The van der Waals surface area contributed by atoms with E-state index in [2.05, 4.69) is 33.8 Å². The fourth-order valence-corrected chi connectivity index (χ4v) is 4.98. The molecule has 0 unspecified atom stereocenters. The zero-order valence-electron chi connectivity index (χ0n) is 21.1. The number of amides is 1. The number of aryl methyl sites for hydroxylation is 1. The third-order valence-corrected chi connectivity index (χ3v) is 6.75. The van der Waals surface area contributed by atoms with Gasteiger partial charge in [0.15, 0.2) is 5.69 Å². The predicted molar refractivity (Wildman–Crippen MR) is 140 cm³/mol. The van der Waals surface area contributed by atoms with Gasteiger partial charge in [0.05, 0.1) is 11.0 Å². The van der Waals surface area contributed by atoms with E-state index in [1.807, 2.05) is 62.1 Å². The standard InChI is InChI=1S/C29H31N5O2/c1-29(2,3)36-28(35)33-16-13-20(14-17-33)15-18-34-26-22-11-7-8-12-23(22)31-24(19-30)25(26)32-27(34)21-9-5-4-6-10-21/h4-12,20H,13-18H2,1-3H3. The van der Waals surface area contributed by atoms with Crippen molar-refractivity contribution >= 4 is 28.0 Å². The smallest absolute Gasteiger partial charge is 0.410 e. The van der Waals surface area contributed by atoms with Gasteiger partial charge in [0.2, 0.25) is 0 Å². The molecule has 2 aromatic carbocycles. The van der Waals surface area contributed by atoms with Crippen LogP contribution >= 0.6 is 0 Å². The molecule has 3 heterocycles. The van der Waals surface area contributed by atoms with Crippen molar-refractivity contribution in [1.82, 2.24) is 19.4 Å². The Bertz CT molecular complexity index is 1440. The van der Waals surface area contributed by atoms with E-state index in [4.69, 9.17) is 9.72 Å². The van der Waals surface area contributed by atoms with Crippen LogP contribution in [0.5, 0.6) is 0 Å². The molecule has 7 nitrogen and oxygen atoms in total. The summed E-state index contributed by atoms with van der Waals surface area (Å²) >= 11 is 0. The first-order valence-electron chi connectivity index (χ1n) is 12.6. The molecule has 36 heavy (non-hydrogen) atoms. The third kappa shape index (κ3) is 4.76. The molecule has 4 aromatic rings. The Morgan fingerprint density at radius 1 is 1.06 bits per heavy atom. The largest absolute Gasteiger partial charge is 0.444 e. The molecule has 1 amide bonds. The Morgan fingerprint density at radius 2 is 1.75 bits per heavy atom. The van der Waals surface area contributed by atoms with Crippen molar-refractivity contribution in [2.75, 3.05) is 13.1 Å². The SMILES string of the molecule is CC(C)(C)OC(=O)N1CCC(CCn2c(-c3ccccc3)nc3c(C#N)nc4ccccc4c32)CC1. The number of nitrogens with zero attached hydrogens (tertiary/aromatic N) is 5. The van der Waals surface area contributed by atoms with E-state index < -0.39 is 5.60 Å². The van der Waals surface area contributed by atoms with E-state index in [0.717, 1.165) is 53.6 Å². The molecule has 0 saturated carbocycles. The van der Waals surface area contributed by atoms with E-state index in [1.54, 1.807) is 0 Å². The molecule has 1 fully saturated rings. The van der Waals surface area contributed by atoms with Crippen LogP contribution in [0.1, 0.15) is 45.7 Å². The van der Waals surface area contributed by atoms with E-state index in [1.165, 1.54) is 0 Å². The molecular weight excluding hydrogens is 450 g/mol. The van der Waals surface area contributed by atoms with Gasteiger partial charge in [0, 0.05) is 30.6 Å². The van der Waals surface area contributed by atoms with E-state index in [9.17, 15) is 10.1 Å². The Labute approximate surface area is 211 Å². The van der Waals surface area contributed by atoms with Crippen molar-refractivity contribution in [3.8, 4) is 17.5 Å². The molecular formula is C29H31N5O2. The van der Waals surface area contributed by atoms with Crippen LogP contribution in [0.25, 0.3) is 33.3 Å². The molecule has 1 saturated heterocycles. The fourth-order valence-electron chi connectivity index (χ4n) is 4.98. The Balaban J connectivity index is 1.45. The highest BCUT2D eigenvalue weighted by Gasteiger charge is 2.27. The molecule has 5 rings (SSSR count). The van der Waals surface area contributed by atoms with Crippen LogP contribution in [0.3, 0.4) is 0 Å². The van der Waals surface area contributed by atoms with Crippen LogP contribution < -0.4 is 0 Å². The third-order valence-electron chi connectivity index (χ3n) is 6.75. The summed E-state index contributed by atoms with van der Waals surface area (Å²) < 4.78 is 7.81. The zero-order valence-corrected chi connectivity index (χ0v) is 21.1. The predicted octanol–water partition coefficient (Wildman–Crippen LogP) is 6.16. The molecule has 184 valence electrons. The number of hydrogen-bond donors (Lipinski definition) is 0. The van der Waals surface area contributed by atoms with Gasteiger partial charge in [0.25, 0.3) is 0 Å². The van der Waals surface area contributed by atoms with Crippen LogP contribution in [0.2, 0.25) is 0 Å². The first kappa shape index (κ1) is 23.8. The second-order valence-electron chi connectivity index (χ2n) is 10.4. The van der Waals surface area contributed by atoms with Gasteiger partial charge in [-0.2, -0.15) is 5.26 Å². The minimum Gasteiger partial charge on any atom is -0.444 e. The van der Waals surface area contributed by atoms with Crippen molar-refractivity contribution in [3.05, 3.63) is 60.3 Å². The average molecular weight is 482 g/mol. The summed E-state index contributed by atoms with van der Waals surface area (Å²) in [5.74, 6) is 1.35. The second-order valence-corrected chi connectivity index (χ2v) is 10.4. The Hall–Kier alpha value is -3.92. The van der Waals surface area contributed by atoms with E-state index >= 15 is 0 Å². The lowest BCUT2D eigenvalue weighted by Crippen LogP contribution is -2.41. The lowest BCUT2D eigenvalue weighted by molar-refractivity contribution is 0.0180. The number of imidazole rings is 1. The summed E-state index contributed by atoms with van der Waals surface area (Å²) in [5, 5.41) is 10.8. The summed E-state index contributed by atoms with van der Waals surface area (Å²) in [4.78, 5) is 23.8. The number of hydrogen-bond acceptors (Lipinski definition) is 5. The summed E-state index contributed by atoms with van der Waals surface area (Å²) in [5.41, 5.74) is 3.29. The maximum absolute atomic E-state index is 12.5. The van der Waals surface area contributed by atoms with Crippen molar-refractivity contribution in [1.29, 1.82) is 5.26 Å². The van der Waals surface area contributed by atoms with Gasteiger partial charge >= 0.3 is 6.09 Å². The number of aromatic nitrogens is 3. The van der Waals surface area contributed by atoms with Crippen molar-refractivity contribution in [3.63, 3.8) is 0 Å². The van der Waals surface area contributed by atoms with Gasteiger partial charge in [-0.25, -0.2) is 14.8 Å². The second kappa shape index (κ2) is 9.62. The lowest BCUT2D eigenvalue weighted by atomic mass is 9.93. The molecule has 0 spiro atoms. The number of nitriles is 1. The quantitative estimate of drug-likeness (QED) is 0.348. The maximum atomic E-state index is 12.5. The van der Waals surface area contributed by atoms with Gasteiger partial charge in [-0.15, -0.1) is 0 Å². The average Bonchev–Trinajstić information content (AvgIpc) is 3.26. The zero-order chi connectivity index (χ0) is 25.3. The Kier molecular flexibility index (Phi) is 6.36. The molecule has 1 aliphatic rings. The molecule has 1 aliphatic heterocycles. The summed E-state index contributed by atoms with van der Waals surface area (Å²) in [6.07, 6.45) is 2.62. The van der Waals surface area contributed by atoms with Gasteiger partial charge in [0.1, 0.15) is 23.0 Å². The molecule has 2 aromatic heterocycles. The molecule has 0 atom stereocenters.